The zero-order chi connectivity index (χ0) is 54.3. The number of aromatic nitrogens is 1. The van der Waals surface area contributed by atoms with Crippen molar-refractivity contribution in [3.63, 3.8) is 0 Å². The Morgan fingerprint density at radius 2 is 1.57 bits per heavy atom. The molecule has 4 heterocycles. The molecule has 3 aliphatic heterocycles. The Kier molecular flexibility index (Phi) is 25.4. The lowest BCUT2D eigenvalue weighted by Crippen LogP contribution is -3.00. The van der Waals surface area contributed by atoms with E-state index in [2.05, 4.69) is 0 Å². The number of halogens is 1. The minimum Gasteiger partial charge on any atom is -1.00 e. The SMILES string of the molecule is CO[C@H]1C[C@@H]2CC[C@@H](C)[C@@](O)(O2)C(=O)C(=O)N2CCCC[C@H]2C(=O)O[C@H]([C@H](C)C[C@@H]2CC[C@@H](OC(=O)C[n+]3ccccc3)[C@H](OC)C2)CC(=O)[C@H](C)/C=C(\C)[C@@H](O)[C@@H](OC)C(=O)[C@H](C)C[C@H](C)/C=C/C=C/C=C/1C.[Br-]. The summed E-state index contributed by atoms with van der Waals surface area (Å²) >= 11 is 0. The van der Waals surface area contributed by atoms with Crippen molar-refractivity contribution in [1.29, 1.82) is 0 Å². The summed E-state index contributed by atoms with van der Waals surface area (Å²) in [6.07, 6.45) is 14.4. The van der Waals surface area contributed by atoms with Gasteiger partial charge in [0.15, 0.2) is 18.2 Å². The number of cyclic esters (lactones) is 1. The molecular weight excluding hydrogens is 1030 g/mol. The Morgan fingerprint density at radius 3 is 2.25 bits per heavy atom. The molecule has 15 atom stereocenters. The van der Waals surface area contributed by atoms with Crippen molar-refractivity contribution in [2.75, 3.05) is 27.9 Å². The first-order chi connectivity index (χ1) is 35.2. The summed E-state index contributed by atoms with van der Waals surface area (Å²) in [6, 6.07) is 4.36. The number of aliphatic hydroxyl groups is 2. The van der Waals surface area contributed by atoms with Gasteiger partial charge >= 0.3 is 11.9 Å². The maximum atomic E-state index is 14.6. The Hall–Kier alpha value is -4.23. The van der Waals surface area contributed by atoms with Gasteiger partial charge in [0.1, 0.15) is 36.2 Å². The lowest BCUT2D eigenvalue weighted by Gasteiger charge is -2.42. The quantitative estimate of drug-likeness (QED) is 0.157. The first-order valence-electron chi connectivity index (χ1n) is 26.8. The number of piperidine rings is 1. The molecule has 0 spiro atoms. The average Bonchev–Trinajstić information content (AvgIpc) is 3.38. The largest absolute Gasteiger partial charge is 1.00 e. The fraction of sp³-hybridized carbons (Fsp3) is 0.672. The van der Waals surface area contributed by atoms with Crippen LogP contribution in [-0.4, -0.2) is 133 Å². The van der Waals surface area contributed by atoms with Gasteiger partial charge in [0.2, 0.25) is 12.3 Å². The number of fused-ring (bicyclic) bond motifs is 3. The van der Waals surface area contributed by atoms with Crippen LogP contribution in [0.3, 0.4) is 0 Å². The van der Waals surface area contributed by atoms with Crippen LogP contribution in [-0.2, 0) is 63.7 Å². The number of ether oxygens (including phenoxy) is 6. The van der Waals surface area contributed by atoms with Gasteiger partial charge in [0.25, 0.3) is 11.7 Å². The molecule has 75 heavy (non-hydrogen) atoms. The third-order valence-corrected chi connectivity index (χ3v) is 15.8. The van der Waals surface area contributed by atoms with Gasteiger partial charge in [-0.2, -0.15) is 4.57 Å². The molecule has 3 fully saturated rings. The van der Waals surface area contributed by atoms with Crippen molar-refractivity contribution in [2.45, 2.75) is 187 Å². The normalized spacial score (nSPS) is 36.3. The van der Waals surface area contributed by atoms with Crippen molar-refractivity contribution >= 4 is 35.2 Å². The maximum Gasteiger partial charge on any atom is 0.373 e. The van der Waals surface area contributed by atoms with Gasteiger partial charge in [-0.05, 0) is 107 Å². The Morgan fingerprint density at radius 1 is 0.853 bits per heavy atom. The number of rotatable bonds is 9. The van der Waals surface area contributed by atoms with Crippen LogP contribution in [0.2, 0.25) is 0 Å². The van der Waals surface area contributed by atoms with Gasteiger partial charge in [-0.25, -0.2) is 9.59 Å². The predicted octanol–water partition coefficient (Wildman–Crippen LogP) is 3.72. The highest BCUT2D eigenvalue weighted by molar-refractivity contribution is 6.39. The van der Waals surface area contributed by atoms with Crippen LogP contribution in [0.15, 0.2) is 78.2 Å². The molecule has 1 saturated carbocycles. The van der Waals surface area contributed by atoms with Crippen molar-refractivity contribution < 1.29 is 89.0 Å². The zero-order valence-corrected chi connectivity index (χ0v) is 47.5. The van der Waals surface area contributed by atoms with Gasteiger partial charge < -0.3 is 60.5 Å². The smallest absolute Gasteiger partial charge is 0.373 e. The number of pyridine rings is 1. The molecule has 1 aromatic rings. The lowest BCUT2D eigenvalue weighted by molar-refractivity contribution is -0.686. The number of Topliss-reactive ketones (excluding diaryl/α,β-unsaturated/α-hetero) is 3. The Labute approximate surface area is 455 Å². The highest BCUT2D eigenvalue weighted by Gasteiger charge is 2.53. The van der Waals surface area contributed by atoms with E-state index in [-0.39, 0.29) is 72.3 Å². The van der Waals surface area contributed by atoms with Crippen LogP contribution in [0.1, 0.15) is 126 Å². The van der Waals surface area contributed by atoms with Crippen molar-refractivity contribution in [2.24, 2.45) is 35.5 Å². The maximum absolute atomic E-state index is 14.6. The summed E-state index contributed by atoms with van der Waals surface area (Å²) in [4.78, 5) is 85.5. The van der Waals surface area contributed by atoms with E-state index < -0.39 is 95.9 Å². The van der Waals surface area contributed by atoms with E-state index in [1.54, 1.807) is 58.0 Å². The lowest BCUT2D eigenvalue weighted by atomic mass is 9.78. The summed E-state index contributed by atoms with van der Waals surface area (Å²) in [7, 11) is 4.53. The van der Waals surface area contributed by atoms with Crippen LogP contribution in [0.25, 0.3) is 0 Å². The molecule has 0 aromatic carbocycles. The number of hydrogen-bond donors (Lipinski definition) is 2. The number of allylic oxidation sites excluding steroid dienone is 6. The van der Waals surface area contributed by atoms with E-state index >= 15 is 0 Å². The summed E-state index contributed by atoms with van der Waals surface area (Å²) < 4.78 is 37.5. The van der Waals surface area contributed by atoms with Gasteiger partial charge in [0, 0.05) is 70.6 Å². The van der Waals surface area contributed by atoms with Crippen LogP contribution in [0.5, 0.6) is 0 Å². The summed E-state index contributed by atoms with van der Waals surface area (Å²) in [6.45, 7) is 12.8. The van der Waals surface area contributed by atoms with E-state index in [0.717, 1.165) is 5.57 Å². The summed E-state index contributed by atoms with van der Waals surface area (Å²) in [5.41, 5.74) is 1.24. The molecule has 1 amide bonds. The van der Waals surface area contributed by atoms with Gasteiger partial charge in [0.05, 0.1) is 18.3 Å². The topological polar surface area (TPSA) is 205 Å². The van der Waals surface area contributed by atoms with Crippen LogP contribution in [0.4, 0.5) is 0 Å². The first-order valence-corrected chi connectivity index (χ1v) is 26.8. The number of amides is 1. The van der Waals surface area contributed by atoms with E-state index in [4.69, 9.17) is 28.4 Å². The molecule has 1 aromatic heterocycles. The number of hydrogen-bond acceptors (Lipinski definition) is 14. The molecule has 17 heteroatoms. The number of ketones is 3. The molecule has 2 N–H and O–H groups in total. The van der Waals surface area contributed by atoms with Gasteiger partial charge in [-0.15, -0.1) is 0 Å². The highest BCUT2D eigenvalue weighted by Crippen LogP contribution is 2.38. The fourth-order valence-electron chi connectivity index (χ4n) is 11.1. The zero-order valence-electron chi connectivity index (χ0n) is 45.9. The molecule has 2 saturated heterocycles. The van der Waals surface area contributed by atoms with Crippen LogP contribution >= 0.6 is 0 Å². The number of carbonyl (C=O) groups excluding carboxylic acids is 6. The molecule has 0 radical (unpaired) electrons. The van der Waals surface area contributed by atoms with E-state index in [0.29, 0.717) is 69.8 Å². The second-order valence-corrected chi connectivity index (χ2v) is 21.6. The molecular formula is C58H85BrN2O14. The number of esters is 2. The Balaban J connectivity index is 0.0000122. The molecule has 0 unspecified atom stereocenters. The van der Waals surface area contributed by atoms with Crippen molar-refractivity contribution in [3.05, 3.63) is 78.2 Å². The van der Waals surface area contributed by atoms with Crippen LogP contribution in [0, 0.1) is 35.5 Å². The van der Waals surface area contributed by atoms with Crippen molar-refractivity contribution in [3.8, 4) is 0 Å². The number of aliphatic hydroxyl groups excluding tert-OH is 1. The predicted molar refractivity (Wildman–Crippen MR) is 276 cm³/mol. The minimum atomic E-state index is -2.45. The first kappa shape index (κ1) is 63.3. The van der Waals surface area contributed by atoms with E-state index in [9.17, 15) is 39.0 Å². The second-order valence-electron chi connectivity index (χ2n) is 21.6. The molecule has 418 valence electrons. The standard InChI is InChI=1S/C58H85N2O14.BrH/c1-36-19-13-11-14-20-37(2)48(69-8)33-44-24-22-42(7)58(68,74-44)55(65)56(66)60-28-18-15-21-45(60)57(67)73-49(34-46(61)38(3)30-41(6)53(64)54(71-10)52(63)40(5)29-36)39(4)31-43-23-25-47(50(32-43)70-9)72-51(62)35-59-26-16-12-17-27-59;/h11-14,16-17,19-20,26-27,30,36,38-40,42-45,47-50,53-54,64,68H,15,18,21-25,28-29,31-35H2,1-10H3;1H/q+1;/p-1/b14-11+,19-13+,37-20+,41-30+;/t36-,38-,39-,40-,42-,43+,44+,45+,47-,48+,49+,50-,53-,54+,58-;/m1./s1. The summed E-state index contributed by atoms with van der Waals surface area (Å²) in [5, 5.41) is 23.6. The summed E-state index contributed by atoms with van der Waals surface area (Å²) in [5.74, 6) is -8.66. The number of nitrogens with zero attached hydrogens (tertiary/aromatic N) is 2. The van der Waals surface area contributed by atoms with E-state index in [1.165, 1.54) is 12.0 Å². The second kappa shape index (κ2) is 30.1. The molecule has 5 rings (SSSR count). The highest BCUT2D eigenvalue weighted by atomic mass is 79.9. The monoisotopic (exact) mass is 1110 g/mol. The number of methoxy groups -OCH3 is 3. The van der Waals surface area contributed by atoms with E-state index in [1.807, 2.05) is 76.3 Å². The molecule has 4 aliphatic rings. The third-order valence-electron chi connectivity index (χ3n) is 15.8. The fourth-order valence-corrected chi connectivity index (χ4v) is 11.1. The third kappa shape index (κ3) is 17.4. The van der Waals surface area contributed by atoms with Gasteiger partial charge in [-0.1, -0.05) is 77.1 Å². The van der Waals surface area contributed by atoms with Crippen molar-refractivity contribution in [1.82, 2.24) is 4.90 Å². The average molecular weight is 1110 g/mol. The molecule has 1 aliphatic carbocycles. The Bertz CT molecular complexity index is 2200. The minimum absolute atomic E-state index is 0. The van der Waals surface area contributed by atoms with Gasteiger partial charge in [-0.3, -0.25) is 19.2 Å². The molecule has 16 nitrogen and oxygen atoms in total. The number of carbonyl (C=O) groups is 6. The molecule has 2 bridgehead atoms. The van der Waals surface area contributed by atoms with Crippen LogP contribution < -0.4 is 21.5 Å².